The molecule has 3 heterocycles. The van der Waals surface area contributed by atoms with Gasteiger partial charge >= 0.3 is 0 Å². The molecule has 0 unspecified atom stereocenters. The SMILES string of the molecule is Cc1nc(N)nc(N2C[C@@H](O)C[C@H]2c2nc3cccc(Cl)c3c(=O)n2C2CC2)c1C#N. The summed E-state index contributed by atoms with van der Waals surface area (Å²) in [7, 11) is 0. The van der Waals surface area contributed by atoms with Crippen molar-refractivity contribution < 1.29 is 5.11 Å². The zero-order valence-corrected chi connectivity index (χ0v) is 17.5. The van der Waals surface area contributed by atoms with Crippen molar-refractivity contribution >= 4 is 34.3 Å². The average molecular weight is 438 g/mol. The van der Waals surface area contributed by atoms with Crippen molar-refractivity contribution in [3.63, 3.8) is 0 Å². The molecular weight excluding hydrogens is 418 g/mol. The van der Waals surface area contributed by atoms with Crippen molar-refractivity contribution in [3.8, 4) is 6.07 Å². The first-order valence-corrected chi connectivity index (χ1v) is 10.5. The van der Waals surface area contributed by atoms with Crippen molar-refractivity contribution in [2.24, 2.45) is 0 Å². The number of anilines is 2. The van der Waals surface area contributed by atoms with Crippen molar-refractivity contribution in [2.45, 2.75) is 44.4 Å². The number of nitrogens with two attached hydrogens (primary N) is 1. The number of aryl methyl sites for hydroxylation is 1. The highest BCUT2D eigenvalue weighted by Gasteiger charge is 2.40. The first-order chi connectivity index (χ1) is 14.9. The van der Waals surface area contributed by atoms with E-state index in [4.69, 9.17) is 22.3 Å². The van der Waals surface area contributed by atoms with Gasteiger partial charge in [-0.05, 0) is 31.9 Å². The molecule has 0 spiro atoms. The van der Waals surface area contributed by atoms with Crippen LogP contribution in [0.15, 0.2) is 23.0 Å². The highest BCUT2D eigenvalue weighted by Crippen LogP contribution is 2.41. The first kappa shape index (κ1) is 19.7. The minimum atomic E-state index is -0.673. The standard InChI is InChI=1S/C21H20ClN7O2/c1-10-13(8-23)18(27-21(24)25-10)28-9-12(30)7-16(28)19-26-15-4-2-3-14(22)17(15)20(31)29(19)11-5-6-11/h2-4,11-12,16,30H,5-7,9H2,1H3,(H2,24,25,27)/t12-,16-/m0/s1. The lowest BCUT2D eigenvalue weighted by molar-refractivity contribution is 0.193. The molecule has 31 heavy (non-hydrogen) atoms. The lowest BCUT2D eigenvalue weighted by atomic mass is 10.1. The predicted octanol–water partition coefficient (Wildman–Crippen LogP) is 2.25. The molecule has 1 aliphatic carbocycles. The van der Waals surface area contributed by atoms with Crippen LogP contribution in [0, 0.1) is 18.3 Å². The molecule has 2 aromatic heterocycles. The van der Waals surface area contributed by atoms with E-state index < -0.39 is 12.1 Å². The van der Waals surface area contributed by atoms with Gasteiger partial charge in [-0.3, -0.25) is 9.36 Å². The molecule has 10 heteroatoms. The van der Waals surface area contributed by atoms with Crippen molar-refractivity contribution in [2.75, 3.05) is 17.2 Å². The molecule has 0 amide bonds. The lowest BCUT2D eigenvalue weighted by Crippen LogP contribution is -2.33. The molecule has 1 saturated carbocycles. The molecule has 2 atom stereocenters. The molecule has 3 N–H and O–H groups in total. The molecule has 2 fully saturated rings. The molecule has 5 rings (SSSR count). The smallest absolute Gasteiger partial charge is 0.263 e. The van der Waals surface area contributed by atoms with Crippen molar-refractivity contribution in [1.29, 1.82) is 5.26 Å². The van der Waals surface area contributed by atoms with Gasteiger partial charge in [0, 0.05) is 19.0 Å². The number of hydrogen-bond donors (Lipinski definition) is 2. The van der Waals surface area contributed by atoms with Gasteiger partial charge in [0.2, 0.25) is 5.95 Å². The van der Waals surface area contributed by atoms with Gasteiger partial charge in [-0.2, -0.15) is 10.2 Å². The quantitative estimate of drug-likeness (QED) is 0.637. The second kappa shape index (κ2) is 7.18. The molecular formula is C21H20ClN7O2. The maximum atomic E-state index is 13.4. The van der Waals surface area contributed by atoms with Crippen LogP contribution in [0.4, 0.5) is 11.8 Å². The number of benzene rings is 1. The van der Waals surface area contributed by atoms with Gasteiger partial charge in [0.05, 0.1) is 33.8 Å². The Bertz CT molecular complexity index is 1310. The molecule has 158 valence electrons. The maximum absolute atomic E-state index is 13.4. The topological polar surface area (TPSA) is 134 Å². The van der Waals surface area contributed by atoms with E-state index >= 15 is 0 Å². The Morgan fingerprint density at radius 3 is 2.77 bits per heavy atom. The van der Waals surface area contributed by atoms with E-state index in [2.05, 4.69) is 16.0 Å². The monoisotopic (exact) mass is 437 g/mol. The predicted molar refractivity (Wildman–Crippen MR) is 116 cm³/mol. The van der Waals surface area contributed by atoms with E-state index in [9.17, 15) is 15.2 Å². The van der Waals surface area contributed by atoms with E-state index in [-0.39, 0.29) is 29.7 Å². The third-order valence-electron chi connectivity index (χ3n) is 5.87. The summed E-state index contributed by atoms with van der Waals surface area (Å²) in [5.74, 6) is 0.929. The number of nitrogens with zero attached hydrogens (tertiary/aromatic N) is 6. The molecule has 1 saturated heterocycles. The summed E-state index contributed by atoms with van der Waals surface area (Å²) in [5, 5.41) is 21.0. The average Bonchev–Trinajstić information content (AvgIpc) is 3.47. The molecule has 0 radical (unpaired) electrons. The summed E-state index contributed by atoms with van der Waals surface area (Å²) in [6, 6.07) is 6.93. The second-order valence-corrected chi connectivity index (χ2v) is 8.45. The van der Waals surface area contributed by atoms with Crippen LogP contribution in [-0.2, 0) is 0 Å². The number of nitrogen functional groups attached to an aromatic ring is 1. The van der Waals surface area contributed by atoms with Crippen LogP contribution in [-0.4, -0.2) is 37.3 Å². The highest BCUT2D eigenvalue weighted by molar-refractivity contribution is 6.35. The Labute approximate surface area is 182 Å². The van der Waals surface area contributed by atoms with Gasteiger partial charge < -0.3 is 15.7 Å². The van der Waals surface area contributed by atoms with E-state index in [1.165, 1.54) is 0 Å². The second-order valence-electron chi connectivity index (χ2n) is 8.05. The third kappa shape index (κ3) is 3.19. The van der Waals surface area contributed by atoms with Crippen LogP contribution in [0.3, 0.4) is 0 Å². The minimum absolute atomic E-state index is 0.0444. The maximum Gasteiger partial charge on any atom is 0.263 e. The molecule has 9 nitrogen and oxygen atoms in total. The van der Waals surface area contributed by atoms with Gasteiger partial charge in [0.25, 0.3) is 5.56 Å². The summed E-state index contributed by atoms with van der Waals surface area (Å²) in [6.07, 6.45) is 1.43. The van der Waals surface area contributed by atoms with Crippen LogP contribution >= 0.6 is 11.6 Å². The fourth-order valence-electron chi connectivity index (χ4n) is 4.35. The number of aliphatic hydroxyl groups excluding tert-OH is 1. The molecule has 3 aromatic rings. The number of hydrogen-bond acceptors (Lipinski definition) is 8. The summed E-state index contributed by atoms with van der Waals surface area (Å²) in [5.41, 5.74) is 6.93. The zero-order valence-electron chi connectivity index (χ0n) is 16.8. The fraction of sp³-hybridized carbons (Fsp3) is 0.381. The molecule has 2 aliphatic rings. The third-order valence-corrected chi connectivity index (χ3v) is 6.18. The Morgan fingerprint density at radius 2 is 2.06 bits per heavy atom. The molecule has 1 aliphatic heterocycles. The van der Waals surface area contributed by atoms with E-state index in [0.717, 1.165) is 12.8 Å². The number of nitriles is 1. The Kier molecular flexibility index (Phi) is 4.57. The lowest BCUT2D eigenvalue weighted by Gasteiger charge is -2.28. The summed E-state index contributed by atoms with van der Waals surface area (Å²) < 4.78 is 1.70. The number of rotatable bonds is 3. The van der Waals surface area contributed by atoms with E-state index in [0.29, 0.717) is 39.7 Å². The Hall–Kier alpha value is -3.22. The van der Waals surface area contributed by atoms with E-state index in [1.807, 2.05) is 4.90 Å². The van der Waals surface area contributed by atoms with Crippen molar-refractivity contribution in [3.05, 3.63) is 50.7 Å². The molecule has 0 bridgehead atoms. The summed E-state index contributed by atoms with van der Waals surface area (Å²) in [6.45, 7) is 1.93. The first-order valence-electron chi connectivity index (χ1n) is 10.1. The van der Waals surface area contributed by atoms with Gasteiger partial charge in [-0.25, -0.2) is 9.97 Å². The van der Waals surface area contributed by atoms with Crippen LogP contribution < -0.4 is 16.2 Å². The van der Waals surface area contributed by atoms with Gasteiger partial charge in [0.1, 0.15) is 17.5 Å². The van der Waals surface area contributed by atoms with Crippen LogP contribution in [0.2, 0.25) is 5.02 Å². The normalized spacial score (nSPS) is 20.9. The van der Waals surface area contributed by atoms with Crippen LogP contribution in [0.1, 0.15) is 48.4 Å². The van der Waals surface area contributed by atoms with Crippen molar-refractivity contribution in [1.82, 2.24) is 19.5 Å². The number of aromatic nitrogens is 4. The number of halogens is 1. The number of aliphatic hydroxyl groups is 1. The molecule has 1 aromatic carbocycles. The largest absolute Gasteiger partial charge is 0.391 e. The Balaban J connectivity index is 1.74. The van der Waals surface area contributed by atoms with Crippen LogP contribution in [0.25, 0.3) is 10.9 Å². The number of fused-ring (bicyclic) bond motifs is 1. The highest BCUT2D eigenvalue weighted by atomic mass is 35.5. The fourth-order valence-corrected chi connectivity index (χ4v) is 4.60. The van der Waals surface area contributed by atoms with Crippen LogP contribution in [0.5, 0.6) is 0 Å². The summed E-state index contributed by atoms with van der Waals surface area (Å²) in [4.78, 5) is 28.4. The van der Waals surface area contributed by atoms with Gasteiger partial charge in [0.15, 0.2) is 5.82 Å². The van der Waals surface area contributed by atoms with E-state index in [1.54, 1.807) is 29.7 Å². The number of β-amino-alcohol motifs (C(OH)–C–C–N with tert-alkyl or cyclic N) is 1. The minimum Gasteiger partial charge on any atom is -0.391 e. The Morgan fingerprint density at radius 1 is 1.29 bits per heavy atom. The summed E-state index contributed by atoms with van der Waals surface area (Å²) >= 11 is 6.32. The van der Waals surface area contributed by atoms with Gasteiger partial charge in [-0.1, -0.05) is 17.7 Å². The van der Waals surface area contributed by atoms with Gasteiger partial charge in [-0.15, -0.1) is 0 Å². The zero-order chi connectivity index (χ0) is 21.9.